The molecule has 0 spiro atoms. The zero-order chi connectivity index (χ0) is 21.9. The highest BCUT2D eigenvalue weighted by molar-refractivity contribution is 5.62. The number of non-ortho nitro benzene ring substituents is 1. The van der Waals surface area contributed by atoms with Crippen LogP contribution in [0, 0.1) is 44.4 Å². The van der Waals surface area contributed by atoms with Crippen LogP contribution in [0.4, 0.5) is 22.7 Å². The minimum atomic E-state index is -0.858. The predicted octanol–water partition coefficient (Wildman–Crippen LogP) is 3.62. The maximum atomic E-state index is 12.7. The van der Waals surface area contributed by atoms with E-state index in [0.29, 0.717) is 0 Å². The van der Waals surface area contributed by atoms with Crippen molar-refractivity contribution in [3.05, 3.63) is 59.9 Å². The number of azo groups is 1. The van der Waals surface area contributed by atoms with Crippen molar-refractivity contribution in [1.29, 1.82) is 5.26 Å². The Bertz CT molecular complexity index is 1130. The summed E-state index contributed by atoms with van der Waals surface area (Å²) in [6.07, 6.45) is 0. The highest BCUT2D eigenvalue weighted by Crippen LogP contribution is 2.33. The van der Waals surface area contributed by atoms with Gasteiger partial charge in [-0.05, 0) is 18.9 Å². The summed E-state index contributed by atoms with van der Waals surface area (Å²) in [6.45, 7) is 5.11. The molecule has 0 bridgehead atoms. The summed E-state index contributed by atoms with van der Waals surface area (Å²) in [5.41, 5.74) is -2.57. The molecule has 0 fully saturated rings. The second-order valence-corrected chi connectivity index (χ2v) is 6.48. The molecule has 0 aliphatic rings. The molecule has 0 saturated carbocycles. The lowest BCUT2D eigenvalue weighted by atomic mass is 10.1. The molecular formula is C17H16N6O6. The summed E-state index contributed by atoms with van der Waals surface area (Å²) in [7, 11) is 0. The van der Waals surface area contributed by atoms with Crippen LogP contribution in [-0.2, 0) is 6.54 Å². The Balaban J connectivity index is 2.67. The molecule has 12 heteroatoms. The number of hydrogen-bond donors (Lipinski definition) is 1. The van der Waals surface area contributed by atoms with E-state index >= 15 is 0 Å². The molecule has 0 radical (unpaired) electrons. The van der Waals surface area contributed by atoms with Crippen molar-refractivity contribution in [2.75, 3.05) is 0 Å². The summed E-state index contributed by atoms with van der Waals surface area (Å²) < 4.78 is 0.981. The molecule has 0 unspecified atom stereocenters. The summed E-state index contributed by atoms with van der Waals surface area (Å²) >= 11 is 0. The number of pyridine rings is 1. The molecule has 2 aromatic rings. The second kappa shape index (κ2) is 8.26. The van der Waals surface area contributed by atoms with Gasteiger partial charge in [0.05, 0.1) is 15.9 Å². The molecule has 1 aromatic carbocycles. The van der Waals surface area contributed by atoms with E-state index in [9.17, 15) is 35.4 Å². The van der Waals surface area contributed by atoms with Crippen molar-refractivity contribution in [1.82, 2.24) is 4.57 Å². The average Bonchev–Trinajstić information content (AvgIpc) is 2.65. The van der Waals surface area contributed by atoms with Crippen LogP contribution in [0.15, 0.2) is 33.2 Å². The van der Waals surface area contributed by atoms with Crippen LogP contribution in [0.1, 0.15) is 25.0 Å². The minimum Gasteiger partial charge on any atom is -0.493 e. The lowest BCUT2D eigenvalue weighted by molar-refractivity contribution is -0.393. The van der Waals surface area contributed by atoms with Gasteiger partial charge in [0, 0.05) is 18.2 Å². The van der Waals surface area contributed by atoms with Gasteiger partial charge in [-0.15, -0.1) is 10.2 Å². The maximum absolute atomic E-state index is 12.7. The van der Waals surface area contributed by atoms with Crippen molar-refractivity contribution in [2.45, 2.75) is 27.3 Å². The van der Waals surface area contributed by atoms with Crippen LogP contribution < -0.4 is 5.56 Å². The third-order valence-corrected chi connectivity index (χ3v) is 3.94. The van der Waals surface area contributed by atoms with E-state index in [-0.39, 0.29) is 35.0 Å². The second-order valence-electron chi connectivity index (χ2n) is 6.48. The average molecular weight is 400 g/mol. The van der Waals surface area contributed by atoms with Crippen LogP contribution in [-0.4, -0.2) is 19.5 Å². The van der Waals surface area contributed by atoms with Gasteiger partial charge >= 0.3 is 5.69 Å². The van der Waals surface area contributed by atoms with Gasteiger partial charge in [-0.1, -0.05) is 13.8 Å². The van der Waals surface area contributed by atoms with Crippen molar-refractivity contribution < 1.29 is 15.0 Å². The largest absolute Gasteiger partial charge is 0.493 e. The fourth-order valence-corrected chi connectivity index (χ4v) is 2.55. The van der Waals surface area contributed by atoms with Crippen molar-refractivity contribution in [2.24, 2.45) is 16.1 Å². The molecule has 2 rings (SSSR count). The first kappa shape index (κ1) is 21.2. The third-order valence-electron chi connectivity index (χ3n) is 3.94. The number of nitro benzene ring substituents is 2. The molecule has 29 heavy (non-hydrogen) atoms. The molecule has 1 aromatic heterocycles. The van der Waals surface area contributed by atoms with Crippen LogP contribution in [0.5, 0.6) is 5.88 Å². The SMILES string of the molecule is Cc1c(C#N)c(O)n(CC(C)C)c(=O)c1N=Nc1ccc([N+](=O)[O-])cc1[N+](=O)[O-]. The topological polar surface area (TPSA) is 177 Å². The number of nitrogens with zero attached hydrogens (tertiary/aromatic N) is 6. The van der Waals surface area contributed by atoms with Crippen molar-refractivity contribution in [3.8, 4) is 11.9 Å². The molecule has 1 heterocycles. The third kappa shape index (κ3) is 4.24. The van der Waals surface area contributed by atoms with Gasteiger partial charge in [-0.25, -0.2) is 0 Å². The monoisotopic (exact) mass is 400 g/mol. The van der Waals surface area contributed by atoms with Crippen LogP contribution in [0.2, 0.25) is 0 Å². The van der Waals surface area contributed by atoms with E-state index in [1.54, 1.807) is 19.9 Å². The predicted molar refractivity (Wildman–Crippen MR) is 101 cm³/mol. The molecule has 0 amide bonds. The smallest absolute Gasteiger partial charge is 0.303 e. The molecule has 1 N–H and O–H groups in total. The summed E-state index contributed by atoms with van der Waals surface area (Å²) in [5.74, 6) is -0.530. The van der Waals surface area contributed by atoms with Crippen LogP contribution >= 0.6 is 0 Å². The van der Waals surface area contributed by atoms with E-state index in [1.165, 1.54) is 6.92 Å². The van der Waals surface area contributed by atoms with E-state index in [0.717, 1.165) is 22.8 Å². The number of aromatic hydroxyl groups is 1. The summed E-state index contributed by atoms with van der Waals surface area (Å²) in [6, 6.07) is 4.58. The highest BCUT2D eigenvalue weighted by atomic mass is 16.6. The van der Waals surface area contributed by atoms with E-state index in [2.05, 4.69) is 10.2 Å². The number of nitriles is 1. The Labute approximate surface area is 163 Å². The zero-order valence-electron chi connectivity index (χ0n) is 15.7. The van der Waals surface area contributed by atoms with Gasteiger partial charge in [-0.3, -0.25) is 29.6 Å². The van der Waals surface area contributed by atoms with Gasteiger partial charge in [0.15, 0.2) is 11.4 Å². The van der Waals surface area contributed by atoms with E-state index in [1.807, 2.05) is 0 Å². The lowest BCUT2D eigenvalue weighted by Crippen LogP contribution is -2.24. The van der Waals surface area contributed by atoms with Crippen LogP contribution in [0.25, 0.3) is 0 Å². The fraction of sp³-hybridized carbons (Fsp3) is 0.294. The molecular weight excluding hydrogens is 384 g/mol. The van der Waals surface area contributed by atoms with Crippen molar-refractivity contribution >= 4 is 22.7 Å². The lowest BCUT2D eigenvalue weighted by Gasteiger charge is -2.14. The van der Waals surface area contributed by atoms with Gasteiger partial charge in [0.25, 0.3) is 11.2 Å². The zero-order valence-corrected chi connectivity index (χ0v) is 15.7. The number of hydrogen-bond acceptors (Lipinski definition) is 9. The van der Waals surface area contributed by atoms with Crippen LogP contribution in [0.3, 0.4) is 0 Å². The van der Waals surface area contributed by atoms with Gasteiger partial charge in [-0.2, -0.15) is 5.26 Å². The first-order chi connectivity index (χ1) is 13.6. The van der Waals surface area contributed by atoms with E-state index < -0.39 is 32.7 Å². The fourth-order valence-electron chi connectivity index (χ4n) is 2.55. The standard InChI is InChI=1S/C17H16N6O6/c1-9(2)8-21-16(24)12(7-18)10(3)15(17(21)25)20-19-13-5-4-11(22(26)27)6-14(13)23(28)29/h4-6,9,24H,8H2,1-3H3. The quantitative estimate of drug-likeness (QED) is 0.437. The highest BCUT2D eigenvalue weighted by Gasteiger charge is 2.22. The van der Waals surface area contributed by atoms with Gasteiger partial charge in [0.2, 0.25) is 5.88 Å². The molecule has 150 valence electrons. The van der Waals surface area contributed by atoms with Gasteiger partial charge < -0.3 is 5.11 Å². The number of aromatic nitrogens is 1. The maximum Gasteiger partial charge on any atom is 0.303 e. The Hall–Kier alpha value is -4.14. The Morgan fingerprint density at radius 3 is 2.41 bits per heavy atom. The first-order valence-corrected chi connectivity index (χ1v) is 8.29. The van der Waals surface area contributed by atoms with Gasteiger partial charge in [0.1, 0.15) is 11.6 Å². The summed E-state index contributed by atoms with van der Waals surface area (Å²) in [4.78, 5) is 33.1. The number of benzene rings is 1. The number of nitro groups is 2. The molecule has 12 nitrogen and oxygen atoms in total. The Kier molecular flexibility index (Phi) is 6.03. The Morgan fingerprint density at radius 1 is 1.24 bits per heavy atom. The van der Waals surface area contributed by atoms with Crippen molar-refractivity contribution in [3.63, 3.8) is 0 Å². The molecule has 0 saturated heterocycles. The minimum absolute atomic E-state index is 0.0339. The molecule has 0 aliphatic heterocycles. The first-order valence-electron chi connectivity index (χ1n) is 8.29. The molecule has 0 atom stereocenters. The Morgan fingerprint density at radius 2 is 1.90 bits per heavy atom. The van der Waals surface area contributed by atoms with E-state index in [4.69, 9.17) is 0 Å². The molecule has 0 aliphatic carbocycles. The summed E-state index contributed by atoms with van der Waals surface area (Å²) in [5, 5.41) is 49.0. The number of rotatable bonds is 6. The normalized spacial score (nSPS) is 11.0.